The van der Waals surface area contributed by atoms with Crippen molar-refractivity contribution in [2.45, 2.75) is 89.8 Å². The molecule has 0 aliphatic carbocycles. The predicted molar refractivity (Wildman–Crippen MR) is 162 cm³/mol. The van der Waals surface area contributed by atoms with E-state index in [0.717, 1.165) is 16.0 Å². The van der Waals surface area contributed by atoms with Crippen LogP contribution in [0.4, 0.5) is 4.79 Å². The molecule has 0 heterocycles. The van der Waals surface area contributed by atoms with Gasteiger partial charge in [0.1, 0.15) is 5.60 Å². The quantitative estimate of drug-likeness (QED) is 0.167. The van der Waals surface area contributed by atoms with Crippen molar-refractivity contribution in [3.05, 3.63) is 71.8 Å². The van der Waals surface area contributed by atoms with Crippen LogP contribution < -0.4 is 10.6 Å². The number of hydrogen-bond donors (Lipinski definition) is 7. The molecule has 0 aliphatic heterocycles. The summed E-state index contributed by atoms with van der Waals surface area (Å²) in [6, 6.07) is 16.8. The molecule has 2 aromatic carbocycles. The predicted octanol–water partition coefficient (Wildman–Crippen LogP) is 2.18. The molecule has 0 saturated heterocycles. The molecule has 10 nitrogen and oxygen atoms in total. The number of aliphatic hydroxyl groups is 4. The van der Waals surface area contributed by atoms with Crippen LogP contribution in [0.2, 0.25) is 0 Å². The highest BCUT2D eigenvalue weighted by Crippen LogP contribution is 2.30. The van der Waals surface area contributed by atoms with Crippen LogP contribution in [0.5, 0.6) is 0 Å². The van der Waals surface area contributed by atoms with E-state index in [1.807, 2.05) is 60.7 Å². The normalized spacial score (nSPS) is 16.5. The van der Waals surface area contributed by atoms with Gasteiger partial charge in [0.15, 0.2) is 0 Å². The maximum atomic E-state index is 13.1. The van der Waals surface area contributed by atoms with Crippen LogP contribution in [-0.4, -0.2) is 97.6 Å². The monoisotopic (exact) mass is 587 g/mol. The van der Waals surface area contributed by atoms with Crippen LogP contribution in [0.25, 0.3) is 0 Å². The first-order valence-electron chi connectivity index (χ1n) is 14.3. The molecule has 0 aliphatic rings. The summed E-state index contributed by atoms with van der Waals surface area (Å²) in [7, 11) is 0. The first kappa shape index (κ1) is 35.2. The average Bonchev–Trinajstić information content (AvgIpc) is 2.92. The Labute approximate surface area is 249 Å². The highest BCUT2D eigenvalue weighted by atomic mass is 16.4. The van der Waals surface area contributed by atoms with Crippen molar-refractivity contribution in [2.24, 2.45) is 5.41 Å². The van der Waals surface area contributed by atoms with Crippen LogP contribution in [0.15, 0.2) is 60.7 Å². The van der Waals surface area contributed by atoms with Gasteiger partial charge in [-0.05, 0) is 50.2 Å². The van der Waals surface area contributed by atoms with E-state index in [0.29, 0.717) is 6.42 Å². The van der Waals surface area contributed by atoms with Gasteiger partial charge in [0.05, 0.1) is 36.4 Å². The number of rotatable bonds is 15. The molecule has 2 aromatic rings. The maximum Gasteiger partial charge on any atom is 0.408 e. The van der Waals surface area contributed by atoms with Gasteiger partial charge in [-0.1, -0.05) is 81.4 Å². The topological polar surface area (TPSA) is 163 Å². The van der Waals surface area contributed by atoms with E-state index in [1.165, 1.54) is 6.92 Å². The van der Waals surface area contributed by atoms with Gasteiger partial charge in [0.25, 0.3) is 5.91 Å². The van der Waals surface area contributed by atoms with Gasteiger partial charge in [0, 0.05) is 13.1 Å². The average molecular weight is 588 g/mol. The minimum absolute atomic E-state index is 0.0268. The Bertz CT molecular complexity index is 1120. The van der Waals surface area contributed by atoms with Crippen LogP contribution in [-0.2, 0) is 17.6 Å². The highest BCUT2D eigenvalue weighted by molar-refractivity contribution is 5.85. The van der Waals surface area contributed by atoms with E-state index in [4.69, 9.17) is 0 Å². The Morgan fingerprint density at radius 1 is 0.810 bits per heavy atom. The highest BCUT2D eigenvalue weighted by Gasteiger charge is 2.44. The number of carbonyl (C=O) groups excluding carboxylic acids is 1. The van der Waals surface area contributed by atoms with Crippen LogP contribution in [0, 0.1) is 5.41 Å². The van der Waals surface area contributed by atoms with Crippen molar-refractivity contribution in [3.63, 3.8) is 0 Å². The van der Waals surface area contributed by atoms with Crippen molar-refractivity contribution in [2.75, 3.05) is 19.7 Å². The summed E-state index contributed by atoms with van der Waals surface area (Å²) < 4.78 is 0. The lowest BCUT2D eigenvalue weighted by Crippen LogP contribution is -2.61. The van der Waals surface area contributed by atoms with Crippen LogP contribution in [0.3, 0.4) is 0 Å². The van der Waals surface area contributed by atoms with Gasteiger partial charge < -0.3 is 36.2 Å². The molecule has 2 rings (SSSR count). The number of nitrogens with one attached hydrogen (secondary N) is 2. The second kappa shape index (κ2) is 14.9. The SMILES string of the molecule is CC(C)(CO)N(C(=O)O)[C@@H](Cc1ccccc1)[C@H](O)CNC[C@@H](O)[C@H](Cc1ccccc1)NC(=O)[C@](C)(O)C(C)(C)C. The van der Waals surface area contributed by atoms with Crippen molar-refractivity contribution < 1.29 is 35.1 Å². The zero-order valence-corrected chi connectivity index (χ0v) is 25.6. The summed E-state index contributed by atoms with van der Waals surface area (Å²) in [4.78, 5) is 26.5. The number of carbonyl (C=O) groups is 2. The van der Waals surface area contributed by atoms with Gasteiger partial charge in [-0.15, -0.1) is 0 Å². The second-order valence-corrected chi connectivity index (χ2v) is 12.8. The minimum atomic E-state index is -1.70. The van der Waals surface area contributed by atoms with Crippen LogP contribution in [0.1, 0.15) is 52.7 Å². The Balaban J connectivity index is 2.21. The molecule has 2 amide bonds. The van der Waals surface area contributed by atoms with Crippen molar-refractivity contribution >= 4 is 12.0 Å². The summed E-state index contributed by atoms with van der Waals surface area (Å²) in [6.45, 7) is 9.35. The Morgan fingerprint density at radius 3 is 1.74 bits per heavy atom. The third kappa shape index (κ3) is 9.50. The lowest BCUT2D eigenvalue weighted by molar-refractivity contribution is -0.150. The number of aliphatic hydroxyl groups excluding tert-OH is 3. The molecule has 10 heteroatoms. The van der Waals surface area contributed by atoms with E-state index in [9.17, 15) is 35.1 Å². The molecule has 7 N–H and O–H groups in total. The molecule has 0 saturated carbocycles. The summed E-state index contributed by atoms with van der Waals surface area (Å²) in [5.74, 6) is -0.610. The van der Waals surface area contributed by atoms with E-state index in [1.54, 1.807) is 34.6 Å². The molecule has 234 valence electrons. The van der Waals surface area contributed by atoms with Crippen molar-refractivity contribution in [1.29, 1.82) is 0 Å². The zero-order chi connectivity index (χ0) is 31.7. The number of amides is 2. The van der Waals surface area contributed by atoms with E-state index in [2.05, 4.69) is 10.6 Å². The molecule has 0 spiro atoms. The van der Waals surface area contributed by atoms with Gasteiger partial charge in [-0.3, -0.25) is 9.69 Å². The molecule has 0 fully saturated rings. The molecule has 0 unspecified atom stereocenters. The van der Waals surface area contributed by atoms with Gasteiger partial charge >= 0.3 is 6.09 Å². The fourth-order valence-electron chi connectivity index (χ4n) is 4.64. The van der Waals surface area contributed by atoms with Gasteiger partial charge in [-0.25, -0.2) is 4.79 Å². The standard InChI is InChI=1S/C32H49N3O7/c1-30(2,3)32(6,42)28(39)34-24(17-22-13-9-7-10-14-22)26(37)19-33-20-27(38)25(18-23-15-11-8-12-16-23)35(29(40)41)31(4,5)21-36/h7-16,24-27,33,36-38,42H,17-21H2,1-6H3,(H,34,39)(H,40,41)/t24-,25-,26+,27+,32-/m0/s1. The summed E-state index contributed by atoms with van der Waals surface area (Å²) in [5, 5.41) is 59.1. The first-order chi connectivity index (χ1) is 19.5. The maximum absolute atomic E-state index is 13.1. The zero-order valence-electron chi connectivity index (χ0n) is 25.6. The first-order valence-corrected chi connectivity index (χ1v) is 14.3. The Hall–Kier alpha value is -3.02. The fourth-order valence-corrected chi connectivity index (χ4v) is 4.64. The number of carboxylic acid groups (broad SMARTS) is 1. The molecular formula is C32H49N3O7. The van der Waals surface area contributed by atoms with Gasteiger partial charge in [0.2, 0.25) is 0 Å². The molecule has 5 atom stereocenters. The second-order valence-electron chi connectivity index (χ2n) is 12.8. The molecule has 42 heavy (non-hydrogen) atoms. The molecule has 0 bridgehead atoms. The summed E-state index contributed by atoms with van der Waals surface area (Å²) in [5.41, 5.74) is -1.92. The molecular weight excluding hydrogens is 538 g/mol. The third-order valence-corrected chi connectivity index (χ3v) is 8.00. The minimum Gasteiger partial charge on any atom is -0.465 e. The van der Waals surface area contributed by atoms with Crippen LogP contribution >= 0.6 is 0 Å². The van der Waals surface area contributed by atoms with E-state index >= 15 is 0 Å². The smallest absolute Gasteiger partial charge is 0.408 e. The van der Waals surface area contributed by atoms with Crippen molar-refractivity contribution in [1.82, 2.24) is 15.5 Å². The fraction of sp³-hybridized carbons (Fsp3) is 0.562. The molecule has 0 aromatic heterocycles. The lowest BCUT2D eigenvalue weighted by Gasteiger charge is -2.43. The number of hydrogen-bond acceptors (Lipinski definition) is 7. The summed E-state index contributed by atoms with van der Waals surface area (Å²) in [6.07, 6.45) is -3.06. The number of benzene rings is 2. The van der Waals surface area contributed by atoms with E-state index < -0.39 is 59.5 Å². The Morgan fingerprint density at radius 2 is 1.29 bits per heavy atom. The van der Waals surface area contributed by atoms with Gasteiger partial charge in [-0.2, -0.15) is 0 Å². The van der Waals surface area contributed by atoms with Crippen molar-refractivity contribution in [3.8, 4) is 0 Å². The third-order valence-electron chi connectivity index (χ3n) is 8.00. The Kier molecular flexibility index (Phi) is 12.5. The molecule has 0 radical (unpaired) electrons. The number of nitrogens with zero attached hydrogens (tertiary/aromatic N) is 1. The summed E-state index contributed by atoms with van der Waals surface area (Å²) >= 11 is 0. The largest absolute Gasteiger partial charge is 0.465 e. The van der Waals surface area contributed by atoms with E-state index in [-0.39, 0.29) is 19.5 Å². The lowest BCUT2D eigenvalue weighted by atomic mass is 9.77.